The van der Waals surface area contributed by atoms with Crippen molar-refractivity contribution in [3.05, 3.63) is 46.7 Å². The standard InChI is InChI=1S/C13H11BrN2O2/c1-17-9-2-3-11-10(7-9)16-13(18-11)8-4-5-15-12(14)6-8/h2-7,13,16H,1H3. The number of hydrogen-bond acceptors (Lipinski definition) is 4. The molecule has 0 bridgehead atoms. The van der Waals surface area contributed by atoms with Gasteiger partial charge in [0.15, 0.2) is 6.23 Å². The minimum Gasteiger partial charge on any atom is -0.497 e. The van der Waals surface area contributed by atoms with E-state index in [1.54, 1.807) is 13.3 Å². The first kappa shape index (κ1) is 11.3. The fourth-order valence-electron chi connectivity index (χ4n) is 1.88. The van der Waals surface area contributed by atoms with Crippen molar-refractivity contribution in [3.63, 3.8) is 0 Å². The molecule has 1 unspecified atom stereocenters. The van der Waals surface area contributed by atoms with Gasteiger partial charge in [0.2, 0.25) is 0 Å². The number of aromatic nitrogens is 1. The molecule has 0 spiro atoms. The molecule has 0 radical (unpaired) electrons. The van der Waals surface area contributed by atoms with Gasteiger partial charge < -0.3 is 14.8 Å². The maximum atomic E-state index is 5.83. The zero-order chi connectivity index (χ0) is 12.5. The molecule has 2 aromatic rings. The Morgan fingerprint density at radius 2 is 2.22 bits per heavy atom. The Kier molecular flexibility index (Phi) is 2.83. The first-order valence-electron chi connectivity index (χ1n) is 5.49. The minimum absolute atomic E-state index is 0.189. The predicted molar refractivity (Wildman–Crippen MR) is 71.9 cm³/mol. The third-order valence-corrected chi connectivity index (χ3v) is 3.21. The second-order valence-electron chi connectivity index (χ2n) is 3.92. The number of rotatable bonds is 2. The largest absolute Gasteiger partial charge is 0.497 e. The highest BCUT2D eigenvalue weighted by Crippen LogP contribution is 2.39. The van der Waals surface area contributed by atoms with E-state index in [4.69, 9.17) is 9.47 Å². The zero-order valence-corrected chi connectivity index (χ0v) is 11.3. The van der Waals surface area contributed by atoms with Gasteiger partial charge in [-0.3, -0.25) is 0 Å². The molecule has 1 atom stereocenters. The third kappa shape index (κ3) is 2.01. The van der Waals surface area contributed by atoms with Crippen LogP contribution in [0.25, 0.3) is 0 Å². The first-order chi connectivity index (χ1) is 8.76. The lowest BCUT2D eigenvalue weighted by Gasteiger charge is -2.11. The minimum atomic E-state index is -0.189. The molecule has 18 heavy (non-hydrogen) atoms. The van der Waals surface area contributed by atoms with E-state index >= 15 is 0 Å². The molecule has 0 saturated heterocycles. The highest BCUT2D eigenvalue weighted by Gasteiger charge is 2.23. The van der Waals surface area contributed by atoms with Crippen LogP contribution in [0.2, 0.25) is 0 Å². The van der Waals surface area contributed by atoms with Crippen LogP contribution >= 0.6 is 15.9 Å². The quantitative estimate of drug-likeness (QED) is 0.864. The number of hydrogen-bond donors (Lipinski definition) is 1. The number of anilines is 1. The van der Waals surface area contributed by atoms with Crippen molar-refractivity contribution in [3.8, 4) is 11.5 Å². The molecule has 0 amide bonds. The van der Waals surface area contributed by atoms with Gasteiger partial charge in [-0.05, 0) is 40.2 Å². The Labute approximate surface area is 113 Å². The molecular formula is C13H11BrN2O2. The van der Waals surface area contributed by atoms with Crippen molar-refractivity contribution in [2.45, 2.75) is 6.23 Å². The summed E-state index contributed by atoms with van der Waals surface area (Å²) >= 11 is 3.35. The van der Waals surface area contributed by atoms with Crippen molar-refractivity contribution >= 4 is 21.6 Å². The number of ether oxygens (including phenoxy) is 2. The van der Waals surface area contributed by atoms with Gasteiger partial charge in [0.1, 0.15) is 16.1 Å². The molecule has 1 aliphatic heterocycles. The summed E-state index contributed by atoms with van der Waals surface area (Å²) in [5.41, 5.74) is 1.96. The van der Waals surface area contributed by atoms with Crippen LogP contribution in [0.5, 0.6) is 11.5 Å². The number of nitrogens with one attached hydrogen (secondary N) is 1. The second-order valence-corrected chi connectivity index (χ2v) is 4.73. The van der Waals surface area contributed by atoms with Gasteiger partial charge in [-0.15, -0.1) is 0 Å². The van der Waals surface area contributed by atoms with Gasteiger partial charge >= 0.3 is 0 Å². The van der Waals surface area contributed by atoms with Gasteiger partial charge in [-0.1, -0.05) is 0 Å². The van der Waals surface area contributed by atoms with Gasteiger partial charge in [-0.25, -0.2) is 4.98 Å². The molecule has 0 aliphatic carbocycles. The van der Waals surface area contributed by atoms with E-state index in [1.165, 1.54) is 0 Å². The summed E-state index contributed by atoms with van der Waals surface area (Å²) in [6.07, 6.45) is 1.56. The molecule has 0 saturated carbocycles. The summed E-state index contributed by atoms with van der Waals surface area (Å²) in [5, 5.41) is 3.30. The van der Waals surface area contributed by atoms with Crippen LogP contribution in [0, 0.1) is 0 Å². The van der Waals surface area contributed by atoms with Crippen molar-refractivity contribution < 1.29 is 9.47 Å². The number of methoxy groups -OCH3 is 1. The van der Waals surface area contributed by atoms with Crippen molar-refractivity contribution in [1.29, 1.82) is 0 Å². The third-order valence-electron chi connectivity index (χ3n) is 2.77. The molecule has 1 aromatic carbocycles. The Balaban J connectivity index is 1.88. The van der Waals surface area contributed by atoms with Gasteiger partial charge in [0.25, 0.3) is 0 Å². The topological polar surface area (TPSA) is 43.4 Å². The summed E-state index contributed by atoms with van der Waals surface area (Å²) < 4.78 is 11.8. The lowest BCUT2D eigenvalue weighted by atomic mass is 10.2. The Hall–Kier alpha value is -1.75. The molecule has 5 heteroatoms. The molecule has 2 heterocycles. The SMILES string of the molecule is COc1ccc2c(c1)NC(c1ccnc(Br)c1)O2. The summed E-state index contributed by atoms with van der Waals surface area (Å²) in [6, 6.07) is 9.56. The number of benzene rings is 1. The normalized spacial score (nSPS) is 16.7. The second kappa shape index (κ2) is 4.49. The lowest BCUT2D eigenvalue weighted by molar-refractivity contribution is 0.259. The lowest BCUT2D eigenvalue weighted by Crippen LogP contribution is -2.10. The van der Waals surface area contributed by atoms with Gasteiger partial charge in [0, 0.05) is 17.8 Å². The van der Waals surface area contributed by atoms with Crippen LogP contribution in [0.3, 0.4) is 0 Å². The zero-order valence-electron chi connectivity index (χ0n) is 9.68. The summed E-state index contributed by atoms with van der Waals surface area (Å²) in [7, 11) is 1.65. The van der Waals surface area contributed by atoms with Crippen LogP contribution in [-0.4, -0.2) is 12.1 Å². The monoisotopic (exact) mass is 306 g/mol. The highest BCUT2D eigenvalue weighted by molar-refractivity contribution is 9.10. The first-order valence-corrected chi connectivity index (χ1v) is 6.28. The summed E-state index contributed by atoms with van der Waals surface area (Å²) in [4.78, 5) is 4.10. The van der Waals surface area contributed by atoms with E-state index in [9.17, 15) is 0 Å². The molecule has 4 nitrogen and oxygen atoms in total. The van der Waals surface area contributed by atoms with Crippen LogP contribution in [0.15, 0.2) is 41.1 Å². The Morgan fingerprint density at radius 3 is 3.00 bits per heavy atom. The van der Waals surface area contributed by atoms with Crippen molar-refractivity contribution in [1.82, 2.24) is 4.98 Å². The highest BCUT2D eigenvalue weighted by atomic mass is 79.9. The smallest absolute Gasteiger partial charge is 0.196 e. The van der Waals surface area contributed by atoms with Crippen molar-refractivity contribution in [2.24, 2.45) is 0 Å². The predicted octanol–water partition coefficient (Wildman–Crippen LogP) is 3.36. The van der Waals surface area contributed by atoms with E-state index in [0.717, 1.165) is 27.4 Å². The molecule has 1 aliphatic rings. The number of pyridine rings is 1. The maximum absolute atomic E-state index is 5.83. The molecule has 0 fully saturated rings. The number of fused-ring (bicyclic) bond motifs is 1. The van der Waals surface area contributed by atoms with Gasteiger partial charge in [0.05, 0.1) is 12.8 Å². The van der Waals surface area contributed by atoms with E-state index in [0.29, 0.717) is 0 Å². The molecule has 92 valence electrons. The van der Waals surface area contributed by atoms with Crippen LogP contribution in [0.1, 0.15) is 11.8 Å². The number of nitrogens with zero attached hydrogens (tertiary/aromatic N) is 1. The molecule has 1 N–H and O–H groups in total. The van der Waals surface area contributed by atoms with Gasteiger partial charge in [-0.2, -0.15) is 0 Å². The fourth-order valence-corrected chi connectivity index (χ4v) is 2.26. The van der Waals surface area contributed by atoms with Crippen molar-refractivity contribution in [2.75, 3.05) is 12.4 Å². The Bertz CT molecular complexity index is 589. The summed E-state index contributed by atoms with van der Waals surface area (Å²) in [6.45, 7) is 0. The fraction of sp³-hybridized carbons (Fsp3) is 0.154. The van der Waals surface area contributed by atoms with E-state index in [2.05, 4.69) is 26.2 Å². The van der Waals surface area contributed by atoms with E-state index in [1.807, 2.05) is 30.3 Å². The van der Waals surface area contributed by atoms with E-state index < -0.39 is 0 Å². The van der Waals surface area contributed by atoms with Crippen LogP contribution < -0.4 is 14.8 Å². The average Bonchev–Trinajstić information content (AvgIpc) is 2.81. The van der Waals surface area contributed by atoms with Crippen LogP contribution in [-0.2, 0) is 0 Å². The Morgan fingerprint density at radius 1 is 1.33 bits per heavy atom. The average molecular weight is 307 g/mol. The molecule has 1 aromatic heterocycles. The van der Waals surface area contributed by atoms with Crippen LogP contribution in [0.4, 0.5) is 5.69 Å². The summed E-state index contributed by atoms with van der Waals surface area (Å²) in [5.74, 6) is 1.63. The molecule has 3 rings (SSSR count). The molecular weight excluding hydrogens is 296 g/mol. The maximum Gasteiger partial charge on any atom is 0.196 e. The number of halogens is 1. The van der Waals surface area contributed by atoms with E-state index in [-0.39, 0.29) is 6.23 Å².